The standard InChI is InChI=1S/C20H19ClN4O2/c1-13(2)27-18-10-6-5-9-16(18)23-20(26)17-11-12-19(25-24-17)22-15-8-4-3-7-14(15)21/h3-13H,1-2H3,(H,22,25)(H,23,26). The molecule has 0 atom stereocenters. The number of aromatic nitrogens is 2. The van der Waals surface area contributed by atoms with E-state index in [4.69, 9.17) is 16.3 Å². The van der Waals surface area contributed by atoms with Gasteiger partial charge in [-0.15, -0.1) is 10.2 Å². The molecule has 2 N–H and O–H groups in total. The monoisotopic (exact) mass is 382 g/mol. The highest BCUT2D eigenvalue weighted by molar-refractivity contribution is 6.33. The Labute approximate surface area is 162 Å². The molecule has 1 amide bonds. The number of amides is 1. The Morgan fingerprint density at radius 2 is 1.67 bits per heavy atom. The lowest BCUT2D eigenvalue weighted by Crippen LogP contribution is -2.16. The van der Waals surface area contributed by atoms with E-state index in [0.29, 0.717) is 28.0 Å². The fourth-order valence-electron chi connectivity index (χ4n) is 2.33. The number of ether oxygens (including phenoxy) is 1. The highest BCUT2D eigenvalue weighted by Crippen LogP contribution is 2.26. The normalized spacial score (nSPS) is 10.5. The van der Waals surface area contributed by atoms with Crippen LogP contribution in [0.15, 0.2) is 60.7 Å². The Bertz CT molecular complexity index is 929. The first-order valence-electron chi connectivity index (χ1n) is 8.45. The molecule has 2 aromatic carbocycles. The van der Waals surface area contributed by atoms with Gasteiger partial charge in [-0.2, -0.15) is 0 Å². The van der Waals surface area contributed by atoms with E-state index >= 15 is 0 Å². The molecule has 0 spiro atoms. The molecule has 6 nitrogen and oxygen atoms in total. The van der Waals surface area contributed by atoms with Gasteiger partial charge in [-0.05, 0) is 50.2 Å². The van der Waals surface area contributed by atoms with Crippen LogP contribution in [0, 0.1) is 0 Å². The number of anilines is 3. The molecule has 0 aliphatic rings. The Morgan fingerprint density at radius 3 is 2.33 bits per heavy atom. The van der Waals surface area contributed by atoms with E-state index in [9.17, 15) is 4.79 Å². The Morgan fingerprint density at radius 1 is 0.963 bits per heavy atom. The summed E-state index contributed by atoms with van der Waals surface area (Å²) in [7, 11) is 0. The first-order chi connectivity index (χ1) is 13.0. The molecule has 0 unspecified atom stereocenters. The zero-order valence-electron chi connectivity index (χ0n) is 14.9. The van der Waals surface area contributed by atoms with Crippen molar-refractivity contribution in [2.24, 2.45) is 0 Å². The van der Waals surface area contributed by atoms with E-state index in [1.54, 1.807) is 30.3 Å². The Kier molecular flexibility index (Phi) is 5.88. The van der Waals surface area contributed by atoms with Crippen molar-refractivity contribution >= 4 is 34.7 Å². The average molecular weight is 383 g/mol. The van der Waals surface area contributed by atoms with Gasteiger partial charge in [-0.25, -0.2) is 0 Å². The molecular formula is C20H19ClN4O2. The first kappa shape index (κ1) is 18.7. The lowest BCUT2D eigenvalue weighted by atomic mass is 10.2. The van der Waals surface area contributed by atoms with Crippen LogP contribution in [0.25, 0.3) is 0 Å². The van der Waals surface area contributed by atoms with Crippen LogP contribution in [-0.2, 0) is 0 Å². The van der Waals surface area contributed by atoms with Gasteiger partial charge in [-0.1, -0.05) is 35.9 Å². The lowest BCUT2D eigenvalue weighted by Gasteiger charge is -2.14. The van der Waals surface area contributed by atoms with E-state index in [2.05, 4.69) is 20.8 Å². The Hall–Kier alpha value is -3.12. The first-order valence-corrected chi connectivity index (χ1v) is 8.83. The van der Waals surface area contributed by atoms with Crippen LogP contribution in [0.2, 0.25) is 5.02 Å². The average Bonchev–Trinajstić information content (AvgIpc) is 2.65. The van der Waals surface area contributed by atoms with Crippen LogP contribution in [0.1, 0.15) is 24.3 Å². The van der Waals surface area contributed by atoms with Gasteiger partial charge in [0.1, 0.15) is 5.75 Å². The van der Waals surface area contributed by atoms with Crippen molar-refractivity contribution in [1.29, 1.82) is 0 Å². The molecule has 0 fully saturated rings. The van der Waals surface area contributed by atoms with Gasteiger partial charge in [0.15, 0.2) is 11.5 Å². The van der Waals surface area contributed by atoms with Crippen molar-refractivity contribution < 1.29 is 9.53 Å². The second kappa shape index (κ2) is 8.51. The quantitative estimate of drug-likeness (QED) is 0.633. The molecule has 27 heavy (non-hydrogen) atoms. The largest absolute Gasteiger partial charge is 0.489 e. The summed E-state index contributed by atoms with van der Waals surface area (Å²) in [6.45, 7) is 3.85. The third-order valence-electron chi connectivity index (χ3n) is 3.53. The third-order valence-corrected chi connectivity index (χ3v) is 3.86. The summed E-state index contributed by atoms with van der Waals surface area (Å²) in [4.78, 5) is 12.5. The maximum atomic E-state index is 12.5. The topological polar surface area (TPSA) is 76.1 Å². The molecule has 138 valence electrons. The number of hydrogen-bond donors (Lipinski definition) is 2. The summed E-state index contributed by atoms with van der Waals surface area (Å²) in [5.41, 5.74) is 1.49. The smallest absolute Gasteiger partial charge is 0.276 e. The van der Waals surface area contributed by atoms with Gasteiger partial charge in [-0.3, -0.25) is 4.79 Å². The molecule has 3 rings (SSSR count). The zero-order chi connectivity index (χ0) is 19.2. The molecule has 3 aromatic rings. The summed E-state index contributed by atoms with van der Waals surface area (Å²) < 4.78 is 5.71. The number of carbonyl (C=O) groups is 1. The maximum Gasteiger partial charge on any atom is 0.276 e. The predicted octanol–water partition coefficient (Wildman–Crippen LogP) is 4.91. The number of benzene rings is 2. The van der Waals surface area contributed by atoms with Crippen molar-refractivity contribution in [3.63, 3.8) is 0 Å². The van der Waals surface area contributed by atoms with Gasteiger partial charge in [0.2, 0.25) is 0 Å². The Balaban J connectivity index is 1.70. The van der Waals surface area contributed by atoms with Crippen molar-refractivity contribution in [2.45, 2.75) is 20.0 Å². The summed E-state index contributed by atoms with van der Waals surface area (Å²) in [5, 5.41) is 14.5. The minimum absolute atomic E-state index is 0.00184. The minimum Gasteiger partial charge on any atom is -0.489 e. The third kappa shape index (κ3) is 4.95. The molecule has 0 saturated heterocycles. The van der Waals surface area contributed by atoms with E-state index < -0.39 is 0 Å². The van der Waals surface area contributed by atoms with E-state index in [1.807, 2.05) is 44.2 Å². The molecule has 0 saturated carbocycles. The van der Waals surface area contributed by atoms with Crippen LogP contribution >= 0.6 is 11.6 Å². The number of para-hydroxylation sites is 3. The van der Waals surface area contributed by atoms with Crippen molar-refractivity contribution in [3.05, 3.63) is 71.4 Å². The SMILES string of the molecule is CC(C)Oc1ccccc1NC(=O)c1ccc(Nc2ccccc2Cl)nn1. The highest BCUT2D eigenvalue weighted by atomic mass is 35.5. The molecule has 0 aliphatic carbocycles. The maximum absolute atomic E-state index is 12.5. The fraction of sp³-hybridized carbons (Fsp3) is 0.150. The molecule has 0 bridgehead atoms. The van der Waals surface area contributed by atoms with E-state index in [-0.39, 0.29) is 17.7 Å². The summed E-state index contributed by atoms with van der Waals surface area (Å²) in [5.74, 6) is 0.723. The minimum atomic E-state index is -0.369. The number of nitrogens with zero attached hydrogens (tertiary/aromatic N) is 2. The predicted molar refractivity (Wildman–Crippen MR) is 107 cm³/mol. The number of halogens is 1. The summed E-state index contributed by atoms with van der Waals surface area (Å²) in [6.07, 6.45) is -0.00184. The van der Waals surface area contributed by atoms with Gasteiger partial charge in [0.05, 0.1) is 22.5 Å². The van der Waals surface area contributed by atoms with Crippen LogP contribution in [-0.4, -0.2) is 22.2 Å². The van der Waals surface area contributed by atoms with Gasteiger partial charge >= 0.3 is 0 Å². The summed E-state index contributed by atoms with van der Waals surface area (Å²) >= 11 is 6.11. The summed E-state index contributed by atoms with van der Waals surface area (Å²) in [6, 6.07) is 17.8. The molecule has 1 aromatic heterocycles. The molecule has 0 aliphatic heterocycles. The van der Waals surface area contributed by atoms with Crippen LogP contribution < -0.4 is 15.4 Å². The van der Waals surface area contributed by atoms with Crippen LogP contribution in [0.4, 0.5) is 17.2 Å². The van der Waals surface area contributed by atoms with Crippen LogP contribution in [0.5, 0.6) is 5.75 Å². The molecular weight excluding hydrogens is 364 g/mol. The van der Waals surface area contributed by atoms with Gasteiger partial charge < -0.3 is 15.4 Å². The number of rotatable bonds is 6. The van der Waals surface area contributed by atoms with Crippen LogP contribution in [0.3, 0.4) is 0 Å². The molecule has 7 heteroatoms. The number of hydrogen-bond acceptors (Lipinski definition) is 5. The van der Waals surface area contributed by atoms with Gasteiger partial charge in [0, 0.05) is 0 Å². The van der Waals surface area contributed by atoms with Crippen molar-refractivity contribution in [1.82, 2.24) is 10.2 Å². The number of carbonyl (C=O) groups excluding carboxylic acids is 1. The second-order valence-electron chi connectivity index (χ2n) is 6.03. The van der Waals surface area contributed by atoms with Crippen molar-refractivity contribution in [2.75, 3.05) is 10.6 Å². The van der Waals surface area contributed by atoms with E-state index in [1.165, 1.54) is 0 Å². The number of nitrogens with one attached hydrogen (secondary N) is 2. The fourth-order valence-corrected chi connectivity index (χ4v) is 2.52. The highest BCUT2D eigenvalue weighted by Gasteiger charge is 2.12. The van der Waals surface area contributed by atoms with Crippen molar-refractivity contribution in [3.8, 4) is 5.75 Å². The molecule has 1 heterocycles. The second-order valence-corrected chi connectivity index (χ2v) is 6.43. The lowest BCUT2D eigenvalue weighted by molar-refractivity contribution is 0.102. The van der Waals surface area contributed by atoms with Gasteiger partial charge in [0.25, 0.3) is 5.91 Å². The zero-order valence-corrected chi connectivity index (χ0v) is 15.7. The van der Waals surface area contributed by atoms with E-state index in [0.717, 1.165) is 0 Å². The molecule has 0 radical (unpaired) electrons.